The van der Waals surface area contributed by atoms with Crippen LogP contribution in [0.25, 0.3) is 0 Å². The highest BCUT2D eigenvalue weighted by Crippen LogP contribution is 2.40. The van der Waals surface area contributed by atoms with E-state index in [4.69, 9.17) is 9.73 Å². The number of likely N-dealkylation sites (tertiary alicyclic amines) is 1. The van der Waals surface area contributed by atoms with Gasteiger partial charge in [0, 0.05) is 18.2 Å². The molecule has 0 saturated carbocycles. The van der Waals surface area contributed by atoms with E-state index in [1.165, 1.54) is 0 Å². The molecule has 1 saturated heterocycles. The maximum Gasteiger partial charge on any atom is 0.255 e. The van der Waals surface area contributed by atoms with E-state index < -0.39 is 0 Å². The zero-order valence-corrected chi connectivity index (χ0v) is 22.8. The van der Waals surface area contributed by atoms with Crippen molar-refractivity contribution in [2.24, 2.45) is 10.9 Å². The summed E-state index contributed by atoms with van der Waals surface area (Å²) in [6, 6.07) is 8.31. The number of nitrogens with zero attached hydrogens (tertiary/aromatic N) is 2. The molecule has 0 aliphatic carbocycles. The topological polar surface area (TPSA) is 81.8 Å². The second-order valence-electron chi connectivity index (χ2n) is 9.88. The van der Waals surface area contributed by atoms with Gasteiger partial charge in [-0.2, -0.15) is 0 Å². The molecule has 4 rings (SSSR count). The van der Waals surface area contributed by atoms with E-state index >= 15 is 0 Å². The van der Waals surface area contributed by atoms with Gasteiger partial charge in [-0.15, -0.1) is 0 Å². The van der Waals surface area contributed by atoms with E-state index in [0.717, 1.165) is 72.8 Å². The van der Waals surface area contributed by atoms with Crippen molar-refractivity contribution in [2.75, 3.05) is 32.1 Å². The molecule has 1 fully saturated rings. The van der Waals surface area contributed by atoms with Crippen LogP contribution in [0.1, 0.15) is 69.5 Å². The van der Waals surface area contributed by atoms with Crippen molar-refractivity contribution in [3.8, 4) is 5.75 Å². The summed E-state index contributed by atoms with van der Waals surface area (Å²) >= 11 is 3.62. The summed E-state index contributed by atoms with van der Waals surface area (Å²) in [5.41, 5.74) is 2.47. The van der Waals surface area contributed by atoms with Gasteiger partial charge in [0.1, 0.15) is 5.75 Å². The minimum absolute atomic E-state index is 0.00798. The Hall–Kier alpha value is -2.32. The molecule has 2 unspecified atom stereocenters. The lowest BCUT2D eigenvalue weighted by Crippen LogP contribution is -2.47. The number of ether oxygens (including phenoxy) is 1. The highest BCUT2D eigenvalue weighted by Gasteiger charge is 2.32. The number of H-pyrrole nitrogens is 1. The smallest absolute Gasteiger partial charge is 0.255 e. The summed E-state index contributed by atoms with van der Waals surface area (Å²) in [6.07, 6.45) is 6.08. The average Bonchev–Trinajstić information content (AvgIpc) is 2.88. The van der Waals surface area contributed by atoms with Crippen molar-refractivity contribution in [3.63, 3.8) is 0 Å². The van der Waals surface area contributed by atoms with Gasteiger partial charge >= 0.3 is 0 Å². The van der Waals surface area contributed by atoms with E-state index in [2.05, 4.69) is 76.4 Å². The molecule has 3 N–H and O–H groups in total. The summed E-state index contributed by atoms with van der Waals surface area (Å²) < 4.78 is 6.84. The van der Waals surface area contributed by atoms with Crippen molar-refractivity contribution in [3.05, 3.63) is 56.4 Å². The van der Waals surface area contributed by atoms with Crippen LogP contribution in [0.4, 0.5) is 5.69 Å². The lowest BCUT2D eigenvalue weighted by atomic mass is 9.88. The molecule has 2 atom stereocenters. The Morgan fingerprint density at radius 2 is 1.89 bits per heavy atom. The molecule has 0 amide bonds. The van der Waals surface area contributed by atoms with Crippen molar-refractivity contribution in [1.82, 2.24) is 15.2 Å². The number of hydrogen-bond acceptors (Lipinski definition) is 6. The Morgan fingerprint density at radius 3 is 2.54 bits per heavy atom. The zero-order valence-electron chi connectivity index (χ0n) is 21.2. The third-order valence-corrected chi connectivity index (χ3v) is 8.09. The molecule has 3 heterocycles. The van der Waals surface area contributed by atoms with E-state index in [1.807, 2.05) is 12.1 Å². The van der Waals surface area contributed by atoms with Crippen LogP contribution < -0.4 is 20.9 Å². The molecule has 2 aromatic rings. The van der Waals surface area contributed by atoms with E-state index in [0.29, 0.717) is 17.5 Å². The summed E-state index contributed by atoms with van der Waals surface area (Å²) in [7, 11) is 2.16. The standard InChI is InChI=1S/C27H38BrN5O2/c1-5-18(6-2)16-35-21-9-7-19(8-10-21)17(3)24-23-25(22(28)15-29-26(23)34)32-27(31-24)30-20-11-13-33(4)14-12-20/h7-10,15,17-18,20,24H,5-6,11-14,16H2,1-4H3,(H,29,34)(H2,30,31,32). The van der Waals surface area contributed by atoms with Gasteiger partial charge in [-0.25, -0.2) is 4.99 Å². The number of fused-ring (bicyclic) bond motifs is 1. The molecule has 7 nitrogen and oxygen atoms in total. The Balaban J connectivity index is 1.56. The van der Waals surface area contributed by atoms with Crippen molar-refractivity contribution >= 4 is 27.6 Å². The molecule has 8 heteroatoms. The Bertz CT molecular complexity index is 1070. The Morgan fingerprint density at radius 1 is 1.20 bits per heavy atom. The number of guanidine groups is 1. The van der Waals surface area contributed by atoms with Gasteiger partial charge in [0.25, 0.3) is 5.56 Å². The monoisotopic (exact) mass is 543 g/mol. The number of pyridine rings is 1. The highest BCUT2D eigenvalue weighted by atomic mass is 79.9. The normalized spacial score (nSPS) is 19.6. The lowest BCUT2D eigenvalue weighted by Gasteiger charge is -2.34. The first-order valence-corrected chi connectivity index (χ1v) is 13.6. The summed E-state index contributed by atoms with van der Waals surface area (Å²) in [5.74, 6) is 2.20. The maximum atomic E-state index is 12.9. The fourth-order valence-corrected chi connectivity index (χ4v) is 5.28. The summed E-state index contributed by atoms with van der Waals surface area (Å²) in [5, 5.41) is 7.00. The quantitative estimate of drug-likeness (QED) is 0.422. The number of halogens is 1. The minimum Gasteiger partial charge on any atom is -0.493 e. The largest absolute Gasteiger partial charge is 0.493 e. The van der Waals surface area contributed by atoms with Gasteiger partial charge < -0.3 is 25.3 Å². The third kappa shape index (κ3) is 6.09. The van der Waals surface area contributed by atoms with E-state index in [9.17, 15) is 4.79 Å². The van der Waals surface area contributed by atoms with Gasteiger partial charge in [-0.3, -0.25) is 4.79 Å². The van der Waals surface area contributed by atoms with Crippen LogP contribution in [0.2, 0.25) is 0 Å². The predicted molar refractivity (Wildman–Crippen MR) is 147 cm³/mol. The van der Waals surface area contributed by atoms with Crippen LogP contribution in [0.3, 0.4) is 0 Å². The summed E-state index contributed by atoms with van der Waals surface area (Å²) in [4.78, 5) is 23.2. The molecule has 1 aromatic carbocycles. The van der Waals surface area contributed by atoms with Crippen LogP contribution in [0, 0.1) is 5.92 Å². The second-order valence-corrected chi connectivity index (χ2v) is 10.7. The molecule has 35 heavy (non-hydrogen) atoms. The molecular weight excluding hydrogens is 506 g/mol. The van der Waals surface area contributed by atoms with Crippen molar-refractivity contribution in [1.29, 1.82) is 0 Å². The van der Waals surface area contributed by atoms with Gasteiger partial charge in [-0.1, -0.05) is 45.7 Å². The molecule has 0 radical (unpaired) electrons. The first-order valence-electron chi connectivity index (χ1n) is 12.8. The Labute approximate surface area is 216 Å². The number of nitrogens with one attached hydrogen (secondary N) is 3. The fraction of sp³-hybridized carbons (Fsp3) is 0.556. The van der Waals surface area contributed by atoms with Crippen molar-refractivity contribution in [2.45, 2.75) is 64.5 Å². The Kier molecular flexibility index (Phi) is 8.55. The molecule has 190 valence electrons. The molecule has 2 aliphatic rings. The average molecular weight is 545 g/mol. The number of aromatic nitrogens is 1. The number of aliphatic imine (C=N–C) groups is 1. The van der Waals surface area contributed by atoms with E-state index in [1.54, 1.807) is 6.20 Å². The highest BCUT2D eigenvalue weighted by molar-refractivity contribution is 9.10. The van der Waals surface area contributed by atoms with Gasteiger partial charge in [-0.05, 0) is 72.5 Å². The third-order valence-electron chi connectivity index (χ3n) is 7.47. The van der Waals surface area contributed by atoms with Gasteiger partial charge in [0.05, 0.1) is 28.4 Å². The minimum atomic E-state index is -0.308. The van der Waals surface area contributed by atoms with Crippen molar-refractivity contribution < 1.29 is 4.74 Å². The fourth-order valence-electron chi connectivity index (χ4n) is 4.85. The lowest BCUT2D eigenvalue weighted by molar-refractivity contribution is 0.240. The first-order chi connectivity index (χ1) is 16.9. The number of rotatable bonds is 8. The number of hydrogen-bond donors (Lipinski definition) is 3. The number of anilines is 1. The molecule has 0 bridgehead atoms. The zero-order chi connectivity index (χ0) is 24.9. The molecule has 0 spiro atoms. The van der Waals surface area contributed by atoms with Gasteiger partial charge in [0.2, 0.25) is 0 Å². The number of piperidine rings is 1. The SMILES string of the molecule is CCC(CC)COc1ccc(C(C)C2N=C(NC3CCN(C)CC3)Nc3c(Br)c[nH]c(=O)c32)cc1. The van der Waals surface area contributed by atoms with Crippen LogP contribution in [-0.2, 0) is 0 Å². The second kappa shape index (κ2) is 11.6. The van der Waals surface area contributed by atoms with E-state index in [-0.39, 0.29) is 17.5 Å². The van der Waals surface area contributed by atoms with Crippen LogP contribution in [0.15, 0.2) is 44.7 Å². The molecule has 2 aliphatic heterocycles. The number of aromatic amines is 1. The molecular formula is C27H38BrN5O2. The van der Waals surface area contributed by atoms with Crippen LogP contribution in [0.5, 0.6) is 5.75 Å². The summed E-state index contributed by atoms with van der Waals surface area (Å²) in [6.45, 7) is 9.41. The maximum absolute atomic E-state index is 12.9. The molecule has 1 aromatic heterocycles. The predicted octanol–water partition coefficient (Wildman–Crippen LogP) is 5.26. The first kappa shape index (κ1) is 25.8. The number of benzene rings is 1. The van der Waals surface area contributed by atoms with Gasteiger partial charge in [0.15, 0.2) is 5.96 Å². The van der Waals surface area contributed by atoms with Crippen LogP contribution in [-0.4, -0.2) is 48.6 Å². The van der Waals surface area contributed by atoms with Crippen LogP contribution >= 0.6 is 15.9 Å².